The highest BCUT2D eigenvalue weighted by molar-refractivity contribution is 14.0. The Morgan fingerprint density at radius 2 is 1.90 bits per heavy atom. The van der Waals surface area contributed by atoms with Crippen molar-refractivity contribution in [1.82, 2.24) is 14.9 Å². The lowest BCUT2D eigenvalue weighted by Gasteiger charge is -2.32. The minimum absolute atomic E-state index is 0. The summed E-state index contributed by atoms with van der Waals surface area (Å²) < 4.78 is 25.1. The molecule has 0 bridgehead atoms. The fourth-order valence-corrected chi connectivity index (χ4v) is 2.65. The summed E-state index contributed by atoms with van der Waals surface area (Å²) in [6.07, 6.45) is 2.37. The average molecular weight is 418 g/mol. The second-order valence-corrected chi connectivity index (χ2v) is 7.04. The molecule has 1 rings (SSSR count). The molecule has 1 aliphatic heterocycles. The maximum Gasteiger partial charge on any atom is 0.211 e. The van der Waals surface area contributed by atoms with E-state index >= 15 is 0 Å². The molecule has 1 saturated heterocycles. The number of guanidine groups is 1. The van der Waals surface area contributed by atoms with Gasteiger partial charge in [-0.1, -0.05) is 6.92 Å². The Morgan fingerprint density at radius 1 is 1.30 bits per heavy atom. The predicted molar refractivity (Wildman–Crippen MR) is 94.2 cm³/mol. The van der Waals surface area contributed by atoms with Gasteiger partial charge in [-0.15, -0.1) is 24.0 Å². The maximum atomic E-state index is 11.3. The molecule has 2 N–H and O–H groups in total. The van der Waals surface area contributed by atoms with Crippen molar-refractivity contribution in [2.75, 3.05) is 39.0 Å². The molecule has 0 unspecified atom stereocenters. The Bertz CT molecular complexity index is 392. The molecule has 8 heteroatoms. The first kappa shape index (κ1) is 19.9. The summed E-state index contributed by atoms with van der Waals surface area (Å²) in [6, 6.07) is 0. The van der Waals surface area contributed by atoms with E-state index in [4.69, 9.17) is 0 Å². The van der Waals surface area contributed by atoms with Crippen molar-refractivity contribution in [2.24, 2.45) is 10.9 Å². The van der Waals surface area contributed by atoms with Gasteiger partial charge in [0.15, 0.2) is 5.96 Å². The van der Waals surface area contributed by atoms with Crippen LogP contribution >= 0.6 is 24.0 Å². The zero-order valence-electron chi connectivity index (χ0n) is 12.6. The third-order valence-electron chi connectivity index (χ3n) is 3.41. The number of nitrogens with zero attached hydrogens (tertiary/aromatic N) is 2. The quantitative estimate of drug-likeness (QED) is 0.301. The van der Waals surface area contributed by atoms with Gasteiger partial charge in [0.05, 0.1) is 5.75 Å². The van der Waals surface area contributed by atoms with Crippen molar-refractivity contribution in [2.45, 2.75) is 26.7 Å². The fraction of sp³-hybridized carbons (Fsp3) is 0.917. The van der Waals surface area contributed by atoms with Crippen molar-refractivity contribution in [1.29, 1.82) is 0 Å². The number of piperidine rings is 1. The van der Waals surface area contributed by atoms with Crippen molar-refractivity contribution >= 4 is 40.0 Å². The molecule has 1 fully saturated rings. The lowest BCUT2D eigenvalue weighted by molar-refractivity contribution is 0.273. The van der Waals surface area contributed by atoms with E-state index in [2.05, 4.69) is 26.9 Å². The lowest BCUT2D eigenvalue weighted by atomic mass is 10.00. The molecule has 0 aromatic carbocycles. The standard InChI is InChI=1S/C12H26N4O2S.HI/c1-4-19(17,18)15-8-7-14-12(13-3)16-9-5-11(2)6-10-16;/h11,15H,4-10H2,1-3H3,(H,13,14);1H. The monoisotopic (exact) mass is 418 g/mol. The van der Waals surface area contributed by atoms with E-state index in [1.165, 1.54) is 12.8 Å². The highest BCUT2D eigenvalue weighted by atomic mass is 127. The summed E-state index contributed by atoms with van der Waals surface area (Å²) in [7, 11) is -1.34. The van der Waals surface area contributed by atoms with E-state index < -0.39 is 10.0 Å². The van der Waals surface area contributed by atoms with Crippen LogP contribution in [0, 0.1) is 5.92 Å². The molecule has 1 heterocycles. The second-order valence-electron chi connectivity index (χ2n) is 4.94. The van der Waals surface area contributed by atoms with E-state index in [1.54, 1.807) is 14.0 Å². The molecule has 0 saturated carbocycles. The predicted octanol–water partition coefficient (Wildman–Crippen LogP) is 0.851. The Morgan fingerprint density at radius 3 is 2.40 bits per heavy atom. The van der Waals surface area contributed by atoms with Crippen LogP contribution in [0.3, 0.4) is 0 Å². The number of rotatable bonds is 5. The minimum Gasteiger partial charge on any atom is -0.355 e. The summed E-state index contributed by atoms with van der Waals surface area (Å²) in [6.45, 7) is 6.87. The molecular weight excluding hydrogens is 391 g/mol. The zero-order chi connectivity index (χ0) is 14.3. The van der Waals surface area contributed by atoms with Crippen molar-refractivity contribution < 1.29 is 8.42 Å². The van der Waals surface area contributed by atoms with Crippen LogP contribution in [0.4, 0.5) is 0 Å². The van der Waals surface area contributed by atoms with Gasteiger partial charge in [0.25, 0.3) is 0 Å². The Hall–Kier alpha value is -0.0900. The van der Waals surface area contributed by atoms with Gasteiger partial charge < -0.3 is 10.2 Å². The van der Waals surface area contributed by atoms with Crippen molar-refractivity contribution in [3.8, 4) is 0 Å². The summed E-state index contributed by atoms with van der Waals surface area (Å²) in [5.74, 6) is 1.76. The third kappa shape index (κ3) is 7.07. The highest BCUT2D eigenvalue weighted by Gasteiger charge is 2.18. The van der Waals surface area contributed by atoms with Crippen LogP contribution in [-0.4, -0.2) is 58.3 Å². The summed E-state index contributed by atoms with van der Waals surface area (Å²) in [5, 5.41) is 3.20. The maximum absolute atomic E-state index is 11.3. The molecule has 0 aliphatic carbocycles. The normalized spacial score (nSPS) is 17.8. The van der Waals surface area contributed by atoms with E-state index in [1.807, 2.05) is 0 Å². The first-order valence-corrected chi connectivity index (χ1v) is 8.56. The summed E-state index contributed by atoms with van der Waals surface area (Å²) in [4.78, 5) is 6.48. The molecule has 20 heavy (non-hydrogen) atoms. The van der Waals surface area contributed by atoms with Crippen LogP contribution in [0.1, 0.15) is 26.7 Å². The number of hydrogen-bond donors (Lipinski definition) is 2. The SMILES string of the molecule is CCS(=O)(=O)NCCNC(=NC)N1CCC(C)CC1.I. The zero-order valence-corrected chi connectivity index (χ0v) is 15.7. The van der Waals surface area contributed by atoms with Gasteiger partial charge in [-0.05, 0) is 25.7 Å². The molecule has 0 atom stereocenters. The Balaban J connectivity index is 0.00000361. The van der Waals surface area contributed by atoms with Crippen molar-refractivity contribution in [3.63, 3.8) is 0 Å². The first-order valence-electron chi connectivity index (χ1n) is 6.91. The molecule has 0 spiro atoms. The van der Waals surface area contributed by atoms with E-state index in [0.717, 1.165) is 25.0 Å². The van der Waals surface area contributed by atoms with Gasteiger partial charge >= 0.3 is 0 Å². The van der Waals surface area contributed by atoms with Crippen LogP contribution < -0.4 is 10.0 Å². The molecule has 120 valence electrons. The van der Waals surface area contributed by atoms with Crippen LogP contribution in [0.25, 0.3) is 0 Å². The third-order valence-corrected chi connectivity index (χ3v) is 4.81. The number of likely N-dealkylation sites (tertiary alicyclic amines) is 1. The van der Waals surface area contributed by atoms with Crippen LogP contribution in [0.5, 0.6) is 0 Å². The largest absolute Gasteiger partial charge is 0.355 e. The molecule has 0 amide bonds. The topological polar surface area (TPSA) is 73.8 Å². The molecule has 0 aromatic heterocycles. The molecule has 6 nitrogen and oxygen atoms in total. The van der Waals surface area contributed by atoms with E-state index in [9.17, 15) is 8.42 Å². The van der Waals surface area contributed by atoms with Crippen LogP contribution in [0.15, 0.2) is 4.99 Å². The Kier molecular flexibility index (Phi) is 9.73. The molecule has 0 aromatic rings. The second kappa shape index (κ2) is 9.78. The smallest absolute Gasteiger partial charge is 0.211 e. The molecule has 1 aliphatic rings. The number of hydrogen-bond acceptors (Lipinski definition) is 3. The fourth-order valence-electron chi connectivity index (χ4n) is 2.04. The summed E-state index contributed by atoms with van der Waals surface area (Å²) in [5.41, 5.74) is 0. The number of aliphatic imine (C=N–C) groups is 1. The van der Waals surface area contributed by atoms with Gasteiger partial charge in [0, 0.05) is 33.2 Å². The lowest BCUT2D eigenvalue weighted by Crippen LogP contribution is -2.47. The van der Waals surface area contributed by atoms with E-state index in [0.29, 0.717) is 13.1 Å². The van der Waals surface area contributed by atoms with Gasteiger partial charge in [0.1, 0.15) is 0 Å². The summed E-state index contributed by atoms with van der Waals surface area (Å²) >= 11 is 0. The van der Waals surface area contributed by atoms with Crippen molar-refractivity contribution in [3.05, 3.63) is 0 Å². The van der Waals surface area contributed by atoms with Gasteiger partial charge in [0.2, 0.25) is 10.0 Å². The van der Waals surface area contributed by atoms with Gasteiger partial charge in [-0.25, -0.2) is 13.1 Å². The number of nitrogens with one attached hydrogen (secondary N) is 2. The van der Waals surface area contributed by atoms with Crippen LogP contribution in [-0.2, 0) is 10.0 Å². The minimum atomic E-state index is -3.10. The highest BCUT2D eigenvalue weighted by Crippen LogP contribution is 2.15. The Labute approximate surface area is 139 Å². The van der Waals surface area contributed by atoms with E-state index in [-0.39, 0.29) is 29.7 Å². The van der Waals surface area contributed by atoms with Crippen LogP contribution in [0.2, 0.25) is 0 Å². The number of sulfonamides is 1. The first-order chi connectivity index (χ1) is 8.98. The molecular formula is C12H27IN4O2S. The molecule has 0 radical (unpaired) electrons. The average Bonchev–Trinajstić information content (AvgIpc) is 2.40. The van der Waals surface area contributed by atoms with Gasteiger partial charge in [-0.2, -0.15) is 0 Å². The van der Waals surface area contributed by atoms with Gasteiger partial charge in [-0.3, -0.25) is 4.99 Å². The number of halogens is 1.